The lowest BCUT2D eigenvalue weighted by molar-refractivity contribution is -0.385. The number of halogens is 1. The highest BCUT2D eigenvalue weighted by Crippen LogP contribution is 2.22. The number of anilines is 1. The van der Waals surface area contributed by atoms with Crippen molar-refractivity contribution in [3.8, 4) is 0 Å². The van der Waals surface area contributed by atoms with Crippen LogP contribution >= 0.6 is 0 Å². The molecule has 0 saturated carbocycles. The highest BCUT2D eigenvalue weighted by molar-refractivity contribution is 5.50. The maximum Gasteiger partial charge on any atom is 0.272 e. The third-order valence-electron chi connectivity index (χ3n) is 3.58. The zero-order valence-electron chi connectivity index (χ0n) is 10.9. The molecule has 0 amide bonds. The van der Waals surface area contributed by atoms with Gasteiger partial charge in [-0.1, -0.05) is 0 Å². The number of hydrogen-bond acceptors (Lipinski definition) is 4. The number of nitro groups is 1. The van der Waals surface area contributed by atoms with Crippen LogP contribution in [-0.4, -0.2) is 36.5 Å². The minimum absolute atomic E-state index is 0.220. The predicted octanol–water partition coefficient (Wildman–Crippen LogP) is 2.49. The van der Waals surface area contributed by atoms with E-state index in [1.165, 1.54) is 12.1 Å². The standard InChI is InChI=1S/C13H18FN3O2/c1-16-6-4-10(5-7-16)9-15-13-3-2-11(17(18)19)8-12(13)14/h2-3,8,10,15H,4-7,9H2,1H3. The van der Waals surface area contributed by atoms with Gasteiger partial charge >= 0.3 is 0 Å². The van der Waals surface area contributed by atoms with Crippen molar-refractivity contribution >= 4 is 11.4 Å². The number of non-ortho nitro benzene ring substituents is 1. The second-order valence-corrected chi connectivity index (χ2v) is 5.05. The molecule has 0 radical (unpaired) electrons. The summed E-state index contributed by atoms with van der Waals surface area (Å²) in [7, 11) is 2.10. The maximum atomic E-state index is 13.7. The zero-order valence-corrected chi connectivity index (χ0v) is 10.9. The van der Waals surface area contributed by atoms with Crippen molar-refractivity contribution in [2.24, 2.45) is 5.92 Å². The minimum Gasteiger partial charge on any atom is -0.382 e. The van der Waals surface area contributed by atoms with Gasteiger partial charge in [-0.2, -0.15) is 0 Å². The summed E-state index contributed by atoms with van der Waals surface area (Å²) in [5.41, 5.74) is 0.117. The summed E-state index contributed by atoms with van der Waals surface area (Å²) in [5.74, 6) is -0.0343. The van der Waals surface area contributed by atoms with Gasteiger partial charge in [-0.05, 0) is 45.0 Å². The van der Waals surface area contributed by atoms with Crippen molar-refractivity contribution in [3.05, 3.63) is 34.1 Å². The summed E-state index contributed by atoms with van der Waals surface area (Å²) in [6.45, 7) is 2.84. The summed E-state index contributed by atoms with van der Waals surface area (Å²) in [4.78, 5) is 12.2. The summed E-state index contributed by atoms with van der Waals surface area (Å²) >= 11 is 0. The van der Waals surface area contributed by atoms with Gasteiger partial charge in [0.2, 0.25) is 0 Å². The molecule has 0 bridgehead atoms. The molecule has 0 aromatic heterocycles. The van der Waals surface area contributed by atoms with Crippen molar-refractivity contribution in [2.45, 2.75) is 12.8 Å². The third-order valence-corrected chi connectivity index (χ3v) is 3.58. The monoisotopic (exact) mass is 267 g/mol. The fraction of sp³-hybridized carbons (Fsp3) is 0.538. The highest BCUT2D eigenvalue weighted by Gasteiger charge is 2.17. The molecule has 0 aliphatic carbocycles. The van der Waals surface area contributed by atoms with E-state index in [1.807, 2.05) is 0 Å². The van der Waals surface area contributed by atoms with Crippen LogP contribution in [0.3, 0.4) is 0 Å². The Labute approximate surface area is 111 Å². The number of nitrogens with zero attached hydrogens (tertiary/aromatic N) is 2. The van der Waals surface area contributed by atoms with E-state index in [9.17, 15) is 14.5 Å². The Hall–Kier alpha value is -1.69. The molecule has 1 fully saturated rings. The number of nitro benzene ring substituents is 1. The van der Waals surface area contributed by atoms with Crippen molar-refractivity contribution in [1.29, 1.82) is 0 Å². The molecule has 1 aliphatic heterocycles. The summed E-state index contributed by atoms with van der Waals surface area (Å²) < 4.78 is 13.7. The van der Waals surface area contributed by atoms with Crippen LogP contribution in [0.1, 0.15) is 12.8 Å². The number of piperidine rings is 1. The van der Waals surface area contributed by atoms with Gasteiger partial charge in [-0.25, -0.2) is 4.39 Å². The Balaban J connectivity index is 1.91. The Morgan fingerprint density at radius 1 is 1.47 bits per heavy atom. The molecule has 1 aromatic carbocycles. The van der Waals surface area contributed by atoms with Crippen LogP contribution in [0, 0.1) is 21.8 Å². The van der Waals surface area contributed by atoms with Crippen LogP contribution in [-0.2, 0) is 0 Å². The Morgan fingerprint density at radius 2 is 2.16 bits per heavy atom. The molecule has 0 atom stereocenters. The van der Waals surface area contributed by atoms with Crippen molar-refractivity contribution in [2.75, 3.05) is 32.0 Å². The quantitative estimate of drug-likeness (QED) is 0.672. The van der Waals surface area contributed by atoms with E-state index in [-0.39, 0.29) is 5.69 Å². The SMILES string of the molecule is CN1CCC(CNc2ccc([N+](=O)[O-])cc2F)CC1. The van der Waals surface area contributed by atoms with E-state index in [4.69, 9.17) is 0 Å². The van der Waals surface area contributed by atoms with Crippen LogP contribution in [0.2, 0.25) is 0 Å². The maximum absolute atomic E-state index is 13.7. The van der Waals surface area contributed by atoms with Crippen LogP contribution in [0.4, 0.5) is 15.8 Å². The molecule has 1 heterocycles. The van der Waals surface area contributed by atoms with Crippen molar-refractivity contribution < 1.29 is 9.31 Å². The average Bonchev–Trinajstić information content (AvgIpc) is 2.39. The van der Waals surface area contributed by atoms with Crippen LogP contribution in [0.5, 0.6) is 0 Å². The number of hydrogen-bond donors (Lipinski definition) is 1. The molecular weight excluding hydrogens is 249 g/mol. The lowest BCUT2D eigenvalue weighted by Crippen LogP contribution is -2.33. The molecule has 1 saturated heterocycles. The van der Waals surface area contributed by atoms with Crippen LogP contribution in [0.15, 0.2) is 18.2 Å². The van der Waals surface area contributed by atoms with Gasteiger partial charge < -0.3 is 10.2 Å². The second kappa shape index (κ2) is 5.97. The smallest absolute Gasteiger partial charge is 0.272 e. The summed E-state index contributed by atoms with van der Waals surface area (Å²) in [5, 5.41) is 13.6. The number of benzene rings is 1. The lowest BCUT2D eigenvalue weighted by Gasteiger charge is -2.29. The number of rotatable bonds is 4. The second-order valence-electron chi connectivity index (χ2n) is 5.05. The van der Waals surface area contributed by atoms with Gasteiger partial charge in [-0.15, -0.1) is 0 Å². The van der Waals surface area contributed by atoms with Gasteiger partial charge in [0.25, 0.3) is 5.69 Å². The van der Waals surface area contributed by atoms with E-state index >= 15 is 0 Å². The van der Waals surface area contributed by atoms with Crippen molar-refractivity contribution in [1.82, 2.24) is 4.90 Å². The van der Waals surface area contributed by atoms with Gasteiger partial charge in [0.05, 0.1) is 16.7 Å². The largest absolute Gasteiger partial charge is 0.382 e. The predicted molar refractivity (Wildman–Crippen MR) is 71.8 cm³/mol. The Kier molecular flexibility index (Phi) is 4.31. The molecule has 1 aromatic rings. The molecule has 6 heteroatoms. The Morgan fingerprint density at radius 3 is 2.74 bits per heavy atom. The number of likely N-dealkylation sites (tertiary alicyclic amines) is 1. The first-order valence-corrected chi connectivity index (χ1v) is 6.42. The first-order chi connectivity index (χ1) is 9.06. The van der Waals surface area contributed by atoms with E-state index < -0.39 is 10.7 Å². The molecule has 0 spiro atoms. The van der Waals surface area contributed by atoms with E-state index in [2.05, 4.69) is 17.3 Å². The minimum atomic E-state index is -0.593. The fourth-order valence-corrected chi connectivity index (χ4v) is 2.28. The molecule has 0 unspecified atom stereocenters. The summed E-state index contributed by atoms with van der Waals surface area (Å²) in [6, 6.07) is 3.71. The van der Waals surface area contributed by atoms with E-state index in [1.54, 1.807) is 0 Å². The molecule has 2 rings (SSSR count). The molecule has 19 heavy (non-hydrogen) atoms. The molecule has 104 valence electrons. The topological polar surface area (TPSA) is 58.4 Å². The van der Waals surface area contributed by atoms with Crippen molar-refractivity contribution in [3.63, 3.8) is 0 Å². The third kappa shape index (κ3) is 3.64. The fourth-order valence-electron chi connectivity index (χ4n) is 2.28. The van der Waals surface area contributed by atoms with E-state index in [0.717, 1.165) is 32.0 Å². The van der Waals surface area contributed by atoms with Gasteiger partial charge in [0, 0.05) is 12.6 Å². The zero-order chi connectivity index (χ0) is 13.8. The Bertz CT molecular complexity index is 459. The first-order valence-electron chi connectivity index (χ1n) is 6.42. The molecule has 1 N–H and O–H groups in total. The van der Waals surface area contributed by atoms with Crippen LogP contribution < -0.4 is 5.32 Å². The molecular formula is C13H18FN3O2. The van der Waals surface area contributed by atoms with Gasteiger partial charge in [-0.3, -0.25) is 10.1 Å². The molecule has 1 aliphatic rings. The van der Waals surface area contributed by atoms with Gasteiger partial charge in [0.15, 0.2) is 5.82 Å². The average molecular weight is 267 g/mol. The highest BCUT2D eigenvalue weighted by atomic mass is 19.1. The normalized spacial score (nSPS) is 17.4. The number of nitrogens with one attached hydrogen (secondary N) is 1. The van der Waals surface area contributed by atoms with E-state index in [0.29, 0.717) is 18.2 Å². The molecule has 5 nitrogen and oxygen atoms in total. The van der Waals surface area contributed by atoms with Gasteiger partial charge in [0.1, 0.15) is 0 Å². The lowest BCUT2D eigenvalue weighted by atomic mass is 9.97. The van der Waals surface area contributed by atoms with Crippen LogP contribution in [0.25, 0.3) is 0 Å². The first kappa shape index (κ1) is 13.7. The summed E-state index contributed by atoms with van der Waals surface area (Å²) in [6.07, 6.45) is 2.19.